The zero-order chi connectivity index (χ0) is 25.6. The first-order valence-electron chi connectivity index (χ1n) is 11.2. The summed E-state index contributed by atoms with van der Waals surface area (Å²) >= 11 is 0. The second kappa shape index (κ2) is 10.8. The molecule has 0 aromatic heterocycles. The zero-order valence-electron chi connectivity index (χ0n) is 20.0. The quantitative estimate of drug-likeness (QED) is 0.398. The van der Waals surface area contributed by atoms with Crippen LogP contribution in [0.5, 0.6) is 0 Å². The largest absolute Gasteiger partial charge is 0.340 e. The second-order valence-electron chi connectivity index (χ2n) is 9.62. The van der Waals surface area contributed by atoms with E-state index in [1.807, 2.05) is 51.1 Å². The van der Waals surface area contributed by atoms with Gasteiger partial charge >= 0.3 is 0 Å². The number of carbonyl (C=O) groups excluding carboxylic acids is 2. The van der Waals surface area contributed by atoms with Crippen LogP contribution in [0.3, 0.4) is 0 Å². The summed E-state index contributed by atoms with van der Waals surface area (Å²) in [6.07, 6.45) is 0.254. The Hall–Kier alpha value is -3.52. The van der Waals surface area contributed by atoms with Crippen LogP contribution < -0.4 is 10.6 Å². The van der Waals surface area contributed by atoms with Crippen LogP contribution in [0.25, 0.3) is 0 Å². The standard InChI is InChI=1S/C27H30FN3O3S/c1-27(2,3)18-35(29,34)23-15-13-22(14-16-23)30-26(33)24(17-19-7-5-4-6-8-19)31-25(32)20-9-11-21(28)12-10-20/h4-16,24,29H,17-18H2,1-3H3,(H,30,33)(H,31,32). The van der Waals surface area contributed by atoms with Crippen molar-refractivity contribution in [2.45, 2.75) is 38.1 Å². The van der Waals surface area contributed by atoms with Crippen molar-refractivity contribution >= 4 is 27.2 Å². The van der Waals surface area contributed by atoms with Crippen LogP contribution in [0, 0.1) is 16.0 Å². The van der Waals surface area contributed by atoms with Gasteiger partial charge in [-0.15, -0.1) is 0 Å². The molecule has 2 unspecified atom stereocenters. The molecule has 0 spiro atoms. The highest BCUT2D eigenvalue weighted by molar-refractivity contribution is 7.92. The van der Waals surface area contributed by atoms with Gasteiger partial charge in [0.05, 0.1) is 9.73 Å². The number of anilines is 1. The van der Waals surface area contributed by atoms with E-state index in [-0.39, 0.29) is 23.2 Å². The number of benzene rings is 3. The summed E-state index contributed by atoms with van der Waals surface area (Å²) in [5.41, 5.74) is 1.29. The molecule has 2 atom stereocenters. The van der Waals surface area contributed by atoms with Gasteiger partial charge in [0.15, 0.2) is 0 Å². The van der Waals surface area contributed by atoms with Gasteiger partial charge in [0.2, 0.25) is 5.91 Å². The Labute approximate surface area is 205 Å². The van der Waals surface area contributed by atoms with Gasteiger partial charge < -0.3 is 10.6 Å². The highest BCUT2D eigenvalue weighted by atomic mass is 32.2. The summed E-state index contributed by atoms with van der Waals surface area (Å²) in [6, 6.07) is 19.8. The Balaban J connectivity index is 1.77. The van der Waals surface area contributed by atoms with Crippen molar-refractivity contribution < 1.29 is 18.2 Å². The van der Waals surface area contributed by atoms with Gasteiger partial charge in [-0.05, 0) is 59.5 Å². The first-order valence-corrected chi connectivity index (χ1v) is 12.9. The molecule has 3 rings (SSSR count). The Morgan fingerprint density at radius 1 is 0.943 bits per heavy atom. The molecule has 0 bridgehead atoms. The average molecular weight is 496 g/mol. The minimum Gasteiger partial charge on any atom is -0.340 e. The average Bonchev–Trinajstić information content (AvgIpc) is 2.78. The SMILES string of the molecule is CC(C)(C)CS(=N)(=O)c1ccc(NC(=O)C(Cc2ccccc2)NC(=O)c2ccc(F)cc2)cc1. The van der Waals surface area contributed by atoms with Crippen LogP contribution >= 0.6 is 0 Å². The van der Waals surface area contributed by atoms with Crippen molar-refractivity contribution in [3.05, 3.63) is 95.8 Å². The smallest absolute Gasteiger partial charge is 0.251 e. The van der Waals surface area contributed by atoms with Crippen molar-refractivity contribution in [2.24, 2.45) is 5.41 Å². The zero-order valence-corrected chi connectivity index (χ0v) is 20.8. The first kappa shape index (κ1) is 26.1. The van der Waals surface area contributed by atoms with Crippen molar-refractivity contribution in [2.75, 3.05) is 11.1 Å². The number of hydrogen-bond donors (Lipinski definition) is 3. The molecule has 0 aliphatic carbocycles. The molecule has 3 aromatic carbocycles. The van der Waals surface area contributed by atoms with E-state index in [9.17, 15) is 18.2 Å². The van der Waals surface area contributed by atoms with Gasteiger partial charge in [-0.3, -0.25) is 9.59 Å². The summed E-state index contributed by atoms with van der Waals surface area (Å²) in [5.74, 6) is -1.16. The topological polar surface area (TPSA) is 99.1 Å². The van der Waals surface area contributed by atoms with E-state index in [4.69, 9.17) is 4.78 Å². The lowest BCUT2D eigenvalue weighted by Gasteiger charge is -2.21. The lowest BCUT2D eigenvalue weighted by atomic mass is 10.0. The summed E-state index contributed by atoms with van der Waals surface area (Å²) in [4.78, 5) is 26.2. The molecular formula is C27H30FN3O3S. The van der Waals surface area contributed by atoms with Crippen LogP contribution in [0.1, 0.15) is 36.7 Å². The fraction of sp³-hybridized carbons (Fsp3) is 0.259. The number of halogens is 1. The summed E-state index contributed by atoms with van der Waals surface area (Å²) < 4.78 is 34.3. The van der Waals surface area contributed by atoms with E-state index in [0.717, 1.165) is 5.56 Å². The monoisotopic (exact) mass is 495 g/mol. The second-order valence-corrected chi connectivity index (χ2v) is 11.7. The Morgan fingerprint density at radius 2 is 1.54 bits per heavy atom. The summed E-state index contributed by atoms with van der Waals surface area (Å²) in [7, 11) is -2.97. The summed E-state index contributed by atoms with van der Waals surface area (Å²) in [5, 5.41) is 5.52. The van der Waals surface area contributed by atoms with Gasteiger partial charge in [-0.2, -0.15) is 0 Å². The van der Waals surface area contributed by atoms with E-state index in [1.54, 1.807) is 24.3 Å². The van der Waals surface area contributed by atoms with E-state index in [2.05, 4.69) is 10.6 Å². The van der Waals surface area contributed by atoms with E-state index in [1.165, 1.54) is 24.3 Å². The number of carbonyl (C=O) groups is 2. The molecule has 0 aliphatic rings. The molecule has 0 saturated carbocycles. The molecule has 8 heteroatoms. The molecule has 0 radical (unpaired) electrons. The maximum absolute atomic E-state index is 13.2. The molecule has 3 N–H and O–H groups in total. The van der Waals surface area contributed by atoms with Crippen molar-refractivity contribution in [1.29, 1.82) is 4.78 Å². The highest BCUT2D eigenvalue weighted by Crippen LogP contribution is 2.24. The molecule has 6 nitrogen and oxygen atoms in total. The number of rotatable bonds is 8. The maximum atomic E-state index is 13.2. The molecule has 3 aromatic rings. The van der Waals surface area contributed by atoms with Crippen LogP contribution in [-0.4, -0.2) is 27.8 Å². The minimum atomic E-state index is -2.97. The van der Waals surface area contributed by atoms with Crippen molar-refractivity contribution in [3.8, 4) is 0 Å². The Morgan fingerprint density at radius 3 is 2.11 bits per heavy atom. The normalized spacial score (nSPS) is 13.9. The van der Waals surface area contributed by atoms with Gasteiger partial charge in [0.25, 0.3) is 5.91 Å². The van der Waals surface area contributed by atoms with Gasteiger partial charge in [0.1, 0.15) is 11.9 Å². The third-order valence-electron chi connectivity index (χ3n) is 5.15. The van der Waals surface area contributed by atoms with Gasteiger partial charge in [0, 0.05) is 28.3 Å². The van der Waals surface area contributed by atoms with Crippen molar-refractivity contribution in [3.63, 3.8) is 0 Å². The van der Waals surface area contributed by atoms with Crippen LogP contribution in [0.4, 0.5) is 10.1 Å². The van der Waals surface area contributed by atoms with E-state index >= 15 is 0 Å². The van der Waals surface area contributed by atoms with Crippen LogP contribution in [-0.2, 0) is 20.9 Å². The van der Waals surface area contributed by atoms with Crippen molar-refractivity contribution in [1.82, 2.24) is 5.32 Å². The van der Waals surface area contributed by atoms with Gasteiger partial charge in [-0.25, -0.2) is 13.4 Å². The molecule has 184 valence electrons. The third-order valence-corrected chi connectivity index (χ3v) is 7.46. The Kier molecular flexibility index (Phi) is 8.07. The molecule has 2 amide bonds. The first-order chi connectivity index (χ1) is 16.4. The van der Waals surface area contributed by atoms with Crippen LogP contribution in [0.2, 0.25) is 0 Å². The van der Waals surface area contributed by atoms with Crippen LogP contribution in [0.15, 0.2) is 83.8 Å². The van der Waals surface area contributed by atoms with Gasteiger partial charge in [-0.1, -0.05) is 51.1 Å². The lowest BCUT2D eigenvalue weighted by molar-refractivity contribution is -0.118. The van der Waals surface area contributed by atoms with E-state index in [0.29, 0.717) is 10.6 Å². The fourth-order valence-corrected chi connectivity index (χ4v) is 5.54. The lowest BCUT2D eigenvalue weighted by Crippen LogP contribution is -2.45. The number of amides is 2. The molecule has 35 heavy (non-hydrogen) atoms. The predicted molar refractivity (Wildman–Crippen MR) is 136 cm³/mol. The fourth-order valence-electron chi connectivity index (χ4n) is 3.58. The highest BCUT2D eigenvalue weighted by Gasteiger charge is 2.23. The molecule has 0 fully saturated rings. The molecule has 0 heterocycles. The third kappa shape index (κ3) is 7.75. The van der Waals surface area contributed by atoms with E-state index < -0.39 is 33.4 Å². The molecule has 0 aliphatic heterocycles. The number of hydrogen-bond acceptors (Lipinski definition) is 4. The minimum absolute atomic E-state index is 0.222. The molecular weight excluding hydrogens is 465 g/mol. The maximum Gasteiger partial charge on any atom is 0.251 e. The Bertz CT molecular complexity index is 1270. The predicted octanol–water partition coefficient (Wildman–Crippen LogP) is 5.26. The number of nitrogens with one attached hydrogen (secondary N) is 3. The molecule has 0 saturated heterocycles. The summed E-state index contributed by atoms with van der Waals surface area (Å²) in [6.45, 7) is 5.80.